The number of allylic oxidation sites excluding steroid dienone is 6. The predicted octanol–water partition coefficient (Wildman–Crippen LogP) is 7.73. The Kier molecular flexibility index (Phi) is 7.87. The van der Waals surface area contributed by atoms with Gasteiger partial charge in [-0.2, -0.15) is 5.10 Å². The van der Waals surface area contributed by atoms with Gasteiger partial charge in [0, 0.05) is 21.0 Å². The lowest BCUT2D eigenvalue weighted by Gasteiger charge is -2.25. The number of nitrogens with zero attached hydrogens (tertiary/aromatic N) is 1. The van der Waals surface area contributed by atoms with Gasteiger partial charge in [0.15, 0.2) is 0 Å². The molecule has 0 atom stereocenters. The van der Waals surface area contributed by atoms with Crippen molar-refractivity contribution in [3.8, 4) is 0 Å². The maximum absolute atomic E-state index is 4.88. The highest BCUT2D eigenvalue weighted by atomic mass is 32.1. The van der Waals surface area contributed by atoms with Gasteiger partial charge in [0.2, 0.25) is 0 Å². The van der Waals surface area contributed by atoms with E-state index in [1.807, 2.05) is 0 Å². The molecule has 194 valence electrons. The lowest BCUT2D eigenvalue weighted by atomic mass is 9.84. The fraction of sp³-hybridized carbons (Fsp3) is 0.324. The van der Waals surface area contributed by atoms with E-state index in [9.17, 15) is 0 Å². The summed E-state index contributed by atoms with van der Waals surface area (Å²) in [6, 6.07) is 21.2. The number of hydrogen-bond donors (Lipinski definition) is 2. The van der Waals surface area contributed by atoms with Gasteiger partial charge >= 0.3 is 0 Å². The maximum atomic E-state index is 4.88. The Morgan fingerprint density at radius 2 is 1.66 bits per heavy atom. The molecule has 0 saturated carbocycles. The maximum Gasteiger partial charge on any atom is 0.101 e. The third kappa shape index (κ3) is 5.56. The Bertz CT molecular complexity index is 1380. The summed E-state index contributed by atoms with van der Waals surface area (Å²) in [4.78, 5) is 3.17. The number of rotatable bonds is 9. The molecule has 0 bridgehead atoms. The number of aryl methyl sites for hydroxylation is 2. The molecule has 0 unspecified atom stereocenters. The summed E-state index contributed by atoms with van der Waals surface area (Å²) in [6.07, 6.45) is 18.7. The number of benzene rings is 2. The largest absolute Gasteiger partial charge is 0.370 e. The van der Waals surface area contributed by atoms with Crippen LogP contribution in [0.15, 0.2) is 95.3 Å². The smallest absolute Gasteiger partial charge is 0.101 e. The number of thiophene rings is 1. The van der Waals surface area contributed by atoms with Crippen LogP contribution in [0.3, 0.4) is 0 Å². The van der Waals surface area contributed by atoms with Gasteiger partial charge in [-0.1, -0.05) is 78.9 Å². The second-order valence-electron chi connectivity index (χ2n) is 10.4. The lowest BCUT2D eigenvalue weighted by Crippen LogP contribution is -2.28. The van der Waals surface area contributed by atoms with Crippen LogP contribution in [0.2, 0.25) is 0 Å². The molecule has 0 spiro atoms. The molecular formula is C34H37N3S. The SMILES string of the molecule is C1=CC(C2=C(NCN/N=C(\CCc3ccccc3)c3ccccc3)CCc3c2sc2c3CCCC2)=CCC1. The summed E-state index contributed by atoms with van der Waals surface area (Å²) >= 11 is 2.07. The van der Waals surface area contributed by atoms with Crippen LogP contribution in [0.25, 0.3) is 5.57 Å². The van der Waals surface area contributed by atoms with E-state index in [2.05, 4.69) is 101 Å². The standard InChI is InChI=1S/C34H37N3S/c1-4-12-25(13-5-1)20-22-30(26-14-6-2-7-15-26)37-36-24-35-31-23-21-29-28-18-10-11-19-32(28)38-34(29)33(31)27-16-8-3-9-17-27/h1-2,4-8,12-17,35-36H,3,9-11,18-24H2/b37-30+. The molecule has 0 radical (unpaired) electrons. The zero-order valence-electron chi connectivity index (χ0n) is 22.1. The molecule has 3 aromatic rings. The molecule has 0 aliphatic heterocycles. The first-order chi connectivity index (χ1) is 18.9. The van der Waals surface area contributed by atoms with Gasteiger partial charge in [-0.3, -0.25) is 5.43 Å². The summed E-state index contributed by atoms with van der Waals surface area (Å²) in [5.41, 5.74) is 14.5. The van der Waals surface area contributed by atoms with E-state index in [4.69, 9.17) is 5.10 Å². The minimum absolute atomic E-state index is 0.623. The van der Waals surface area contributed by atoms with E-state index in [1.54, 1.807) is 16.0 Å². The van der Waals surface area contributed by atoms with E-state index in [0.717, 1.165) is 44.2 Å². The summed E-state index contributed by atoms with van der Waals surface area (Å²) in [7, 11) is 0. The monoisotopic (exact) mass is 519 g/mol. The Morgan fingerprint density at radius 1 is 0.842 bits per heavy atom. The van der Waals surface area contributed by atoms with Crippen molar-refractivity contribution in [3.05, 3.63) is 122 Å². The quantitative estimate of drug-likeness (QED) is 0.131. The lowest BCUT2D eigenvalue weighted by molar-refractivity contribution is 0.637. The second-order valence-corrected chi connectivity index (χ2v) is 11.5. The van der Waals surface area contributed by atoms with Crippen LogP contribution in [0, 0.1) is 0 Å². The minimum Gasteiger partial charge on any atom is -0.370 e. The van der Waals surface area contributed by atoms with Gasteiger partial charge in [0.1, 0.15) is 6.67 Å². The molecule has 3 aliphatic carbocycles. The third-order valence-electron chi connectivity index (χ3n) is 7.91. The van der Waals surface area contributed by atoms with E-state index in [1.165, 1.54) is 58.5 Å². The first-order valence-electron chi connectivity index (χ1n) is 14.2. The van der Waals surface area contributed by atoms with Gasteiger partial charge in [-0.15, -0.1) is 11.3 Å². The molecule has 3 aliphatic rings. The van der Waals surface area contributed by atoms with Gasteiger partial charge in [0.25, 0.3) is 0 Å². The highest BCUT2D eigenvalue weighted by molar-refractivity contribution is 7.13. The summed E-state index contributed by atoms with van der Waals surface area (Å²) < 4.78 is 0. The van der Waals surface area contributed by atoms with Gasteiger partial charge in [0.05, 0.1) is 5.71 Å². The van der Waals surface area contributed by atoms with E-state index >= 15 is 0 Å². The van der Waals surface area contributed by atoms with Gasteiger partial charge in [-0.25, -0.2) is 0 Å². The molecule has 38 heavy (non-hydrogen) atoms. The van der Waals surface area contributed by atoms with Crippen molar-refractivity contribution in [2.24, 2.45) is 5.10 Å². The first kappa shape index (κ1) is 24.9. The van der Waals surface area contributed by atoms with Crippen LogP contribution in [0.1, 0.15) is 70.5 Å². The molecule has 4 heteroatoms. The summed E-state index contributed by atoms with van der Waals surface area (Å²) in [5.74, 6) is 0. The van der Waals surface area contributed by atoms with Gasteiger partial charge < -0.3 is 5.32 Å². The molecule has 3 nitrogen and oxygen atoms in total. The molecule has 1 aromatic heterocycles. The van der Waals surface area contributed by atoms with E-state index in [0.29, 0.717) is 6.67 Å². The first-order valence-corrected chi connectivity index (χ1v) is 15.0. The molecule has 0 saturated heterocycles. The normalized spacial score (nSPS) is 17.1. The molecule has 6 rings (SSSR count). The van der Waals surface area contributed by atoms with E-state index in [-0.39, 0.29) is 0 Å². The van der Waals surface area contributed by atoms with Crippen molar-refractivity contribution in [2.75, 3.05) is 6.67 Å². The van der Waals surface area contributed by atoms with E-state index < -0.39 is 0 Å². The third-order valence-corrected chi connectivity index (χ3v) is 9.27. The molecule has 0 amide bonds. The number of fused-ring (bicyclic) bond motifs is 3. The Labute approximate surface area is 231 Å². The number of nitrogens with one attached hydrogen (secondary N) is 2. The van der Waals surface area contributed by atoms with Crippen LogP contribution >= 0.6 is 11.3 Å². The molecule has 2 N–H and O–H groups in total. The zero-order chi connectivity index (χ0) is 25.6. The average molecular weight is 520 g/mol. The number of hydrazone groups is 1. The second kappa shape index (κ2) is 12.0. The van der Waals surface area contributed by atoms with Crippen LogP contribution in [0.5, 0.6) is 0 Å². The van der Waals surface area contributed by atoms with Crippen LogP contribution < -0.4 is 10.7 Å². The highest BCUT2D eigenvalue weighted by Crippen LogP contribution is 2.45. The van der Waals surface area contributed by atoms with Crippen molar-refractivity contribution in [2.45, 2.75) is 64.2 Å². The van der Waals surface area contributed by atoms with Crippen molar-refractivity contribution in [3.63, 3.8) is 0 Å². The predicted molar refractivity (Wildman–Crippen MR) is 162 cm³/mol. The fourth-order valence-corrected chi connectivity index (χ4v) is 7.51. The molecule has 0 fully saturated rings. The Hall–Kier alpha value is -3.37. The van der Waals surface area contributed by atoms with Crippen molar-refractivity contribution in [1.29, 1.82) is 0 Å². The molecule has 1 heterocycles. The van der Waals surface area contributed by atoms with Gasteiger partial charge in [-0.05, 0) is 92.0 Å². The highest BCUT2D eigenvalue weighted by Gasteiger charge is 2.28. The van der Waals surface area contributed by atoms with Crippen molar-refractivity contribution < 1.29 is 0 Å². The topological polar surface area (TPSA) is 36.4 Å². The van der Waals surface area contributed by atoms with Crippen LogP contribution in [0.4, 0.5) is 0 Å². The minimum atomic E-state index is 0.623. The van der Waals surface area contributed by atoms with Crippen LogP contribution in [-0.4, -0.2) is 12.4 Å². The summed E-state index contributed by atoms with van der Waals surface area (Å²) in [6.45, 7) is 0.623. The van der Waals surface area contributed by atoms with Crippen LogP contribution in [-0.2, 0) is 25.7 Å². The average Bonchev–Trinajstić information content (AvgIpc) is 3.36. The molecule has 2 aromatic carbocycles. The fourth-order valence-electron chi connectivity index (χ4n) is 5.97. The van der Waals surface area contributed by atoms with Crippen molar-refractivity contribution >= 4 is 22.6 Å². The Balaban J connectivity index is 1.21. The van der Waals surface area contributed by atoms with Crippen molar-refractivity contribution in [1.82, 2.24) is 10.7 Å². The number of hydrogen-bond acceptors (Lipinski definition) is 4. The summed E-state index contributed by atoms with van der Waals surface area (Å²) in [5, 5.41) is 8.65. The Morgan fingerprint density at radius 3 is 2.47 bits per heavy atom. The molecular weight excluding hydrogens is 482 g/mol. The zero-order valence-corrected chi connectivity index (χ0v) is 23.0.